The van der Waals surface area contributed by atoms with E-state index >= 15 is 0 Å². The van der Waals surface area contributed by atoms with Crippen LogP contribution in [0, 0.1) is 10.8 Å². The third kappa shape index (κ3) is 2.57. The molecule has 0 unspecified atom stereocenters. The standard InChI is InChI=1S/C21H25NO4/c1-20(2)8-12-17(14(23)10-20)19(16-6-5-7-26-16)18-13(22(12)25)9-21(3,4)11-15(18)24/h5-7,19,25H,8-11H2,1-4H3. The van der Waals surface area contributed by atoms with Crippen molar-refractivity contribution in [1.82, 2.24) is 5.06 Å². The topological polar surface area (TPSA) is 70.8 Å². The predicted molar refractivity (Wildman–Crippen MR) is 95.2 cm³/mol. The van der Waals surface area contributed by atoms with Crippen LogP contribution in [0.1, 0.15) is 65.1 Å². The molecule has 1 aliphatic heterocycles. The minimum Gasteiger partial charge on any atom is -0.468 e. The summed E-state index contributed by atoms with van der Waals surface area (Å²) in [6.45, 7) is 8.13. The van der Waals surface area contributed by atoms with Crippen molar-refractivity contribution in [2.24, 2.45) is 10.8 Å². The van der Waals surface area contributed by atoms with E-state index in [9.17, 15) is 14.8 Å². The van der Waals surface area contributed by atoms with Crippen molar-refractivity contribution >= 4 is 11.6 Å². The second kappa shape index (κ2) is 5.43. The highest BCUT2D eigenvalue weighted by molar-refractivity contribution is 6.06. The van der Waals surface area contributed by atoms with Gasteiger partial charge in [0.25, 0.3) is 0 Å². The van der Waals surface area contributed by atoms with Crippen LogP contribution in [0.3, 0.4) is 0 Å². The Balaban J connectivity index is 1.95. The lowest BCUT2D eigenvalue weighted by atomic mass is 9.65. The molecule has 0 bridgehead atoms. The van der Waals surface area contributed by atoms with Crippen LogP contribution >= 0.6 is 0 Å². The van der Waals surface area contributed by atoms with Gasteiger partial charge >= 0.3 is 0 Å². The third-order valence-corrected chi connectivity index (χ3v) is 5.71. The summed E-state index contributed by atoms with van der Waals surface area (Å²) >= 11 is 0. The van der Waals surface area contributed by atoms with Crippen molar-refractivity contribution in [3.05, 3.63) is 46.7 Å². The van der Waals surface area contributed by atoms with Crippen LogP contribution < -0.4 is 0 Å². The van der Waals surface area contributed by atoms with E-state index in [1.807, 2.05) is 33.8 Å². The fourth-order valence-corrected chi connectivity index (χ4v) is 4.68. The van der Waals surface area contributed by atoms with Gasteiger partial charge in [0.1, 0.15) is 5.76 Å². The van der Waals surface area contributed by atoms with Gasteiger partial charge < -0.3 is 4.42 Å². The molecule has 0 atom stereocenters. The average molecular weight is 355 g/mol. The Bertz CT molecular complexity index is 801. The van der Waals surface area contributed by atoms with Gasteiger partial charge in [-0.2, -0.15) is 0 Å². The van der Waals surface area contributed by atoms with Gasteiger partial charge in [0.05, 0.1) is 23.6 Å². The lowest BCUT2D eigenvalue weighted by Crippen LogP contribution is -2.43. The molecule has 138 valence electrons. The molecule has 0 saturated heterocycles. The number of hydrogen-bond acceptors (Lipinski definition) is 5. The molecule has 0 aromatic carbocycles. The average Bonchev–Trinajstić information content (AvgIpc) is 3.01. The molecule has 2 heterocycles. The summed E-state index contributed by atoms with van der Waals surface area (Å²) in [5, 5.41) is 12.1. The molecule has 0 fully saturated rings. The van der Waals surface area contributed by atoms with Crippen LogP contribution in [0.2, 0.25) is 0 Å². The number of Topliss-reactive ketones (excluding diaryl/α,β-unsaturated/α-hetero) is 2. The second-order valence-electron chi connectivity index (χ2n) is 9.36. The van der Waals surface area contributed by atoms with Crippen molar-refractivity contribution in [2.45, 2.75) is 59.3 Å². The van der Waals surface area contributed by atoms with Crippen molar-refractivity contribution < 1.29 is 19.2 Å². The number of hydroxylamine groups is 2. The minimum absolute atomic E-state index is 0.0131. The van der Waals surface area contributed by atoms with Gasteiger partial charge in [0.2, 0.25) is 0 Å². The number of nitrogens with zero attached hydrogens (tertiary/aromatic N) is 1. The van der Waals surface area contributed by atoms with E-state index in [4.69, 9.17) is 4.42 Å². The smallest absolute Gasteiger partial charge is 0.162 e. The highest BCUT2D eigenvalue weighted by Crippen LogP contribution is 2.53. The summed E-state index contributed by atoms with van der Waals surface area (Å²) in [4.78, 5) is 26.1. The predicted octanol–water partition coefficient (Wildman–Crippen LogP) is 4.35. The Morgan fingerprint density at radius 2 is 1.46 bits per heavy atom. The van der Waals surface area contributed by atoms with Gasteiger partial charge in [-0.1, -0.05) is 27.7 Å². The molecule has 3 aliphatic rings. The zero-order valence-electron chi connectivity index (χ0n) is 15.8. The Morgan fingerprint density at radius 3 is 1.88 bits per heavy atom. The first-order chi connectivity index (χ1) is 12.1. The van der Waals surface area contributed by atoms with E-state index in [1.54, 1.807) is 12.3 Å². The summed E-state index contributed by atoms with van der Waals surface area (Å²) < 4.78 is 5.63. The number of hydrogen-bond donors (Lipinski definition) is 1. The first-order valence-electron chi connectivity index (χ1n) is 9.15. The zero-order valence-corrected chi connectivity index (χ0v) is 15.8. The quantitative estimate of drug-likeness (QED) is 0.811. The van der Waals surface area contributed by atoms with Crippen molar-refractivity contribution in [1.29, 1.82) is 0 Å². The van der Waals surface area contributed by atoms with Crippen molar-refractivity contribution in [3.63, 3.8) is 0 Å². The molecule has 5 nitrogen and oxygen atoms in total. The summed E-state index contributed by atoms with van der Waals surface area (Å²) in [6.07, 6.45) is 3.55. The van der Waals surface area contributed by atoms with Crippen LogP contribution in [-0.4, -0.2) is 21.8 Å². The molecule has 26 heavy (non-hydrogen) atoms. The molecule has 0 spiro atoms. The van der Waals surface area contributed by atoms with Crippen LogP contribution in [-0.2, 0) is 9.59 Å². The highest BCUT2D eigenvalue weighted by atomic mass is 16.5. The summed E-state index contributed by atoms with van der Waals surface area (Å²) in [5.41, 5.74) is 1.84. The molecule has 0 saturated carbocycles. The van der Waals surface area contributed by atoms with Crippen LogP contribution in [0.25, 0.3) is 0 Å². The number of carbonyl (C=O) groups excluding carboxylic acids is 2. The van der Waals surface area contributed by atoms with Gasteiger partial charge in [-0.3, -0.25) is 14.8 Å². The fourth-order valence-electron chi connectivity index (χ4n) is 4.68. The van der Waals surface area contributed by atoms with E-state index in [0.29, 0.717) is 54.0 Å². The van der Waals surface area contributed by atoms with Crippen molar-refractivity contribution in [3.8, 4) is 0 Å². The lowest BCUT2D eigenvalue weighted by molar-refractivity contribution is -0.123. The second-order valence-corrected chi connectivity index (χ2v) is 9.36. The summed E-state index contributed by atoms with van der Waals surface area (Å²) in [7, 11) is 0. The molecule has 0 amide bonds. The van der Waals surface area contributed by atoms with E-state index < -0.39 is 5.92 Å². The van der Waals surface area contributed by atoms with Gasteiger partial charge in [0.15, 0.2) is 11.6 Å². The van der Waals surface area contributed by atoms with E-state index in [1.165, 1.54) is 0 Å². The Hall–Kier alpha value is -2.14. The van der Waals surface area contributed by atoms with Crippen LogP contribution in [0.15, 0.2) is 45.4 Å². The normalized spacial score (nSPS) is 25.5. The molecule has 1 N–H and O–H groups in total. The van der Waals surface area contributed by atoms with Gasteiger partial charge in [0, 0.05) is 24.0 Å². The largest absolute Gasteiger partial charge is 0.468 e. The summed E-state index contributed by atoms with van der Waals surface area (Å²) in [5.74, 6) is 0.0616. The lowest BCUT2D eigenvalue weighted by Gasteiger charge is -2.45. The number of ketones is 2. The molecule has 2 aliphatic carbocycles. The SMILES string of the molecule is CC1(C)CC(=O)C2=C(C1)N(O)C1=C(C(=O)CC(C)(C)C1)C2c1ccco1. The first-order valence-corrected chi connectivity index (χ1v) is 9.15. The third-order valence-electron chi connectivity index (χ3n) is 5.71. The van der Waals surface area contributed by atoms with E-state index in [-0.39, 0.29) is 22.4 Å². The van der Waals surface area contributed by atoms with Gasteiger partial charge in [-0.15, -0.1) is 0 Å². The first kappa shape index (κ1) is 17.3. The Kier molecular flexibility index (Phi) is 3.61. The number of allylic oxidation sites excluding steroid dienone is 4. The van der Waals surface area contributed by atoms with E-state index in [2.05, 4.69) is 0 Å². The van der Waals surface area contributed by atoms with Crippen LogP contribution in [0.5, 0.6) is 0 Å². The molecule has 4 rings (SSSR count). The van der Waals surface area contributed by atoms with Gasteiger partial charge in [-0.25, -0.2) is 5.06 Å². The highest BCUT2D eigenvalue weighted by Gasteiger charge is 2.49. The van der Waals surface area contributed by atoms with Gasteiger partial charge in [-0.05, 0) is 35.8 Å². The fraction of sp³-hybridized carbons (Fsp3) is 0.524. The summed E-state index contributed by atoms with van der Waals surface area (Å²) in [6, 6.07) is 3.59. The maximum absolute atomic E-state index is 13.0. The molecular weight excluding hydrogens is 330 g/mol. The van der Waals surface area contributed by atoms with E-state index in [0.717, 1.165) is 5.06 Å². The molecule has 0 radical (unpaired) electrons. The number of carbonyl (C=O) groups is 2. The Morgan fingerprint density at radius 1 is 0.962 bits per heavy atom. The number of furan rings is 1. The molecule has 5 heteroatoms. The molecular formula is C21H25NO4. The zero-order chi connectivity index (χ0) is 18.9. The number of rotatable bonds is 1. The molecule has 1 aromatic rings. The minimum atomic E-state index is -0.509. The van der Waals surface area contributed by atoms with Crippen LogP contribution in [0.4, 0.5) is 0 Å². The maximum atomic E-state index is 13.0. The maximum Gasteiger partial charge on any atom is 0.162 e. The van der Waals surface area contributed by atoms with Crippen molar-refractivity contribution in [2.75, 3.05) is 0 Å². The Labute approximate surface area is 153 Å². The monoisotopic (exact) mass is 355 g/mol. The molecule has 1 aromatic heterocycles.